The average molecular weight is 461 g/mol. The molecule has 0 spiro atoms. The monoisotopic (exact) mass is 460 g/mol. The van der Waals surface area contributed by atoms with E-state index >= 15 is 0 Å². The second-order valence-corrected chi connectivity index (χ2v) is 8.07. The van der Waals surface area contributed by atoms with Crippen LogP contribution in [0.25, 0.3) is 10.9 Å². The minimum Gasteiger partial charge on any atom is -0.478 e. The molecule has 2 aromatic carbocycles. The second-order valence-electron chi connectivity index (χ2n) is 7.26. The Labute approximate surface area is 190 Å². The fourth-order valence-electron chi connectivity index (χ4n) is 3.05. The Balaban J connectivity index is 1.60. The Morgan fingerprint density at radius 3 is 2.55 bits per heavy atom. The van der Waals surface area contributed by atoms with Crippen molar-refractivity contribution >= 4 is 51.7 Å². The molecule has 0 aliphatic rings. The number of rotatable bonds is 7. The Morgan fingerprint density at radius 2 is 1.81 bits per heavy atom. The molecule has 3 rings (SSSR count). The van der Waals surface area contributed by atoms with Crippen LogP contribution in [0.15, 0.2) is 42.5 Å². The van der Waals surface area contributed by atoms with Crippen LogP contribution in [0.4, 0.5) is 5.69 Å². The number of carbonyl (C=O) groups is 2. The van der Waals surface area contributed by atoms with E-state index in [2.05, 4.69) is 10.3 Å². The number of halogens is 2. The minimum absolute atomic E-state index is 0.228. The number of nitrogens with one attached hydrogen (secondary N) is 1. The van der Waals surface area contributed by atoms with Gasteiger partial charge in [0.15, 0.2) is 19.0 Å². The molecule has 0 atom stereocenters. The fraction of sp³-hybridized carbons (Fsp3) is 0.261. The Kier molecular flexibility index (Phi) is 7.36. The zero-order valence-corrected chi connectivity index (χ0v) is 18.9. The minimum atomic E-state index is -0.709. The van der Waals surface area contributed by atoms with Gasteiger partial charge in [0, 0.05) is 16.8 Å². The number of carbonyl (C=O) groups excluding carboxylic acids is 2. The molecule has 0 aliphatic heterocycles. The van der Waals surface area contributed by atoms with Crippen LogP contribution in [-0.2, 0) is 14.3 Å². The highest BCUT2D eigenvalue weighted by atomic mass is 35.5. The van der Waals surface area contributed by atoms with Crippen molar-refractivity contribution < 1.29 is 19.1 Å². The number of nitrogens with zero attached hydrogens (tertiary/aromatic N) is 1. The summed E-state index contributed by atoms with van der Waals surface area (Å²) in [6.45, 7) is 5.03. The van der Waals surface area contributed by atoms with Crippen LogP contribution in [0, 0.1) is 6.92 Å². The van der Waals surface area contributed by atoms with Crippen LogP contribution < -0.4 is 10.1 Å². The van der Waals surface area contributed by atoms with E-state index in [-0.39, 0.29) is 16.7 Å². The van der Waals surface area contributed by atoms with Gasteiger partial charge in [-0.3, -0.25) is 4.79 Å². The van der Waals surface area contributed by atoms with Crippen LogP contribution >= 0.6 is 23.2 Å². The highest BCUT2D eigenvalue weighted by molar-refractivity contribution is 6.39. The van der Waals surface area contributed by atoms with Gasteiger partial charge >= 0.3 is 5.97 Å². The van der Waals surface area contributed by atoms with E-state index in [1.54, 1.807) is 12.1 Å². The zero-order chi connectivity index (χ0) is 22.5. The predicted molar refractivity (Wildman–Crippen MR) is 122 cm³/mol. The van der Waals surface area contributed by atoms with Crippen LogP contribution in [0.3, 0.4) is 0 Å². The van der Waals surface area contributed by atoms with E-state index in [0.29, 0.717) is 21.6 Å². The highest BCUT2D eigenvalue weighted by Gasteiger charge is 2.16. The largest absolute Gasteiger partial charge is 0.478 e. The molecular weight excluding hydrogens is 439 g/mol. The smallest absolute Gasteiger partial charge is 0.344 e. The lowest BCUT2D eigenvalue weighted by Crippen LogP contribution is -2.24. The number of fused-ring (bicyclic) bond motifs is 1. The summed E-state index contributed by atoms with van der Waals surface area (Å²) in [6, 6.07) is 12.6. The standard InChI is InChI=1S/C23H22Cl2N2O4/c1-13(2)15-6-4-5-7-19(15)27-20(28)11-30-21(29)12-31-23-18(25)10-17(24)16-9-8-14(3)26-22(16)23/h4-10,13H,11-12H2,1-3H3,(H,27,28). The lowest BCUT2D eigenvalue weighted by atomic mass is 10.0. The molecule has 162 valence electrons. The van der Waals surface area contributed by atoms with E-state index in [9.17, 15) is 9.59 Å². The van der Waals surface area contributed by atoms with Crippen LogP contribution in [0.5, 0.6) is 5.75 Å². The maximum atomic E-state index is 12.2. The first kappa shape index (κ1) is 22.8. The lowest BCUT2D eigenvalue weighted by Gasteiger charge is -2.14. The quantitative estimate of drug-likeness (QED) is 0.468. The number of anilines is 1. The third-order valence-electron chi connectivity index (χ3n) is 4.53. The molecule has 0 saturated heterocycles. The molecule has 0 bridgehead atoms. The predicted octanol–water partition coefficient (Wildman–Crippen LogP) is 5.53. The molecule has 3 aromatic rings. The summed E-state index contributed by atoms with van der Waals surface area (Å²) < 4.78 is 10.6. The molecule has 31 heavy (non-hydrogen) atoms. The van der Waals surface area contributed by atoms with Crippen molar-refractivity contribution in [1.29, 1.82) is 0 Å². The van der Waals surface area contributed by atoms with Gasteiger partial charge < -0.3 is 14.8 Å². The van der Waals surface area contributed by atoms with Gasteiger partial charge in [-0.1, -0.05) is 55.2 Å². The van der Waals surface area contributed by atoms with Crippen molar-refractivity contribution in [3.63, 3.8) is 0 Å². The van der Waals surface area contributed by atoms with Crippen molar-refractivity contribution in [3.8, 4) is 5.75 Å². The van der Waals surface area contributed by atoms with Gasteiger partial charge in [0.25, 0.3) is 5.91 Å². The fourth-order valence-corrected chi connectivity index (χ4v) is 3.62. The molecule has 0 fully saturated rings. The van der Waals surface area contributed by atoms with E-state index in [1.807, 2.05) is 45.0 Å². The number of para-hydroxylation sites is 1. The summed E-state index contributed by atoms with van der Waals surface area (Å²) in [5.41, 5.74) is 2.89. The maximum absolute atomic E-state index is 12.2. The molecule has 0 aliphatic carbocycles. The van der Waals surface area contributed by atoms with Gasteiger partial charge in [0.05, 0.1) is 10.0 Å². The first-order valence-electron chi connectivity index (χ1n) is 9.68. The Morgan fingerprint density at radius 1 is 1.06 bits per heavy atom. The summed E-state index contributed by atoms with van der Waals surface area (Å²) in [5.74, 6) is -0.673. The molecule has 8 heteroatoms. The molecular formula is C23H22Cl2N2O4. The summed E-state index contributed by atoms with van der Waals surface area (Å²) in [5, 5.41) is 4.08. The van der Waals surface area contributed by atoms with Crippen molar-refractivity contribution in [3.05, 3.63) is 63.8 Å². The van der Waals surface area contributed by atoms with E-state index in [0.717, 1.165) is 11.3 Å². The third kappa shape index (κ3) is 5.66. The zero-order valence-electron chi connectivity index (χ0n) is 17.4. The molecule has 1 heterocycles. The summed E-state index contributed by atoms with van der Waals surface area (Å²) >= 11 is 12.5. The van der Waals surface area contributed by atoms with E-state index in [4.69, 9.17) is 32.7 Å². The third-order valence-corrected chi connectivity index (χ3v) is 5.13. The molecule has 0 saturated carbocycles. The number of hydrogen-bond acceptors (Lipinski definition) is 5. The second kappa shape index (κ2) is 9.98. The van der Waals surface area contributed by atoms with E-state index in [1.165, 1.54) is 6.07 Å². The number of aryl methyl sites for hydroxylation is 1. The summed E-state index contributed by atoms with van der Waals surface area (Å²) in [6.07, 6.45) is 0. The highest BCUT2D eigenvalue weighted by Crippen LogP contribution is 2.37. The Bertz CT molecular complexity index is 1130. The van der Waals surface area contributed by atoms with Crippen LogP contribution in [0.2, 0.25) is 10.0 Å². The molecule has 0 unspecified atom stereocenters. The number of pyridine rings is 1. The van der Waals surface area contributed by atoms with E-state index < -0.39 is 25.1 Å². The first-order valence-corrected chi connectivity index (χ1v) is 10.4. The van der Waals surface area contributed by atoms with Crippen molar-refractivity contribution in [2.75, 3.05) is 18.5 Å². The number of hydrogen-bond donors (Lipinski definition) is 1. The summed E-state index contributed by atoms with van der Waals surface area (Å²) in [7, 11) is 0. The van der Waals surface area contributed by atoms with Gasteiger partial charge in [-0.15, -0.1) is 0 Å². The lowest BCUT2D eigenvalue weighted by molar-refractivity contribution is -0.149. The van der Waals surface area contributed by atoms with Gasteiger partial charge in [-0.2, -0.15) is 0 Å². The SMILES string of the molecule is Cc1ccc2c(Cl)cc(Cl)c(OCC(=O)OCC(=O)Nc3ccccc3C(C)C)c2n1. The average Bonchev–Trinajstić information content (AvgIpc) is 2.72. The van der Waals surface area contributed by atoms with Crippen LogP contribution in [-0.4, -0.2) is 30.1 Å². The molecule has 0 radical (unpaired) electrons. The molecule has 1 aromatic heterocycles. The normalized spacial score (nSPS) is 10.9. The van der Waals surface area contributed by atoms with Gasteiger partial charge in [-0.25, -0.2) is 9.78 Å². The number of amides is 1. The van der Waals surface area contributed by atoms with Crippen molar-refractivity contribution in [1.82, 2.24) is 4.98 Å². The molecule has 1 amide bonds. The number of benzene rings is 2. The van der Waals surface area contributed by atoms with Crippen molar-refractivity contribution in [2.45, 2.75) is 26.7 Å². The topological polar surface area (TPSA) is 77.5 Å². The number of esters is 1. The Hall–Kier alpha value is -2.83. The van der Waals surface area contributed by atoms with Crippen LogP contribution in [0.1, 0.15) is 31.0 Å². The van der Waals surface area contributed by atoms with Gasteiger partial charge in [0.1, 0.15) is 5.52 Å². The first-order chi connectivity index (χ1) is 14.8. The number of aromatic nitrogens is 1. The van der Waals surface area contributed by atoms with Gasteiger partial charge in [0.2, 0.25) is 0 Å². The number of ether oxygens (including phenoxy) is 2. The summed E-state index contributed by atoms with van der Waals surface area (Å²) in [4.78, 5) is 28.7. The molecule has 6 nitrogen and oxygen atoms in total. The maximum Gasteiger partial charge on any atom is 0.344 e. The van der Waals surface area contributed by atoms with Gasteiger partial charge in [-0.05, 0) is 42.7 Å². The van der Waals surface area contributed by atoms with Crippen molar-refractivity contribution in [2.24, 2.45) is 0 Å². The molecule has 1 N–H and O–H groups in total.